The van der Waals surface area contributed by atoms with Gasteiger partial charge in [0.15, 0.2) is 5.76 Å². The first-order valence-corrected chi connectivity index (χ1v) is 9.94. The van der Waals surface area contributed by atoms with Crippen molar-refractivity contribution in [1.29, 1.82) is 0 Å². The van der Waals surface area contributed by atoms with Crippen LogP contribution in [0.4, 0.5) is 0 Å². The number of hydrogen-bond donors (Lipinski definition) is 0. The Morgan fingerprint density at radius 3 is 2.58 bits per heavy atom. The molecule has 0 amide bonds. The molecular formula is C18H24N4OS. The Kier molecular flexibility index (Phi) is 5.16. The van der Waals surface area contributed by atoms with E-state index >= 15 is 0 Å². The zero-order valence-corrected chi connectivity index (χ0v) is 14.7. The molecule has 5 nitrogen and oxygen atoms in total. The molecule has 0 aliphatic carbocycles. The second kappa shape index (κ2) is 7.68. The lowest BCUT2D eigenvalue weighted by atomic mass is 10.0. The van der Waals surface area contributed by atoms with Gasteiger partial charge in [-0.15, -0.1) is 0 Å². The Hall–Kier alpha value is -1.37. The van der Waals surface area contributed by atoms with Crippen molar-refractivity contribution in [3.63, 3.8) is 0 Å². The van der Waals surface area contributed by atoms with Crippen LogP contribution < -0.4 is 0 Å². The van der Waals surface area contributed by atoms with Crippen LogP contribution in [0.1, 0.15) is 18.6 Å². The van der Waals surface area contributed by atoms with Crippen molar-refractivity contribution < 1.29 is 4.52 Å². The van der Waals surface area contributed by atoms with E-state index in [2.05, 4.69) is 37.8 Å². The van der Waals surface area contributed by atoms with Crippen molar-refractivity contribution in [3.05, 3.63) is 36.4 Å². The maximum Gasteiger partial charge on any atom is 0.151 e. The standard InChI is InChI=1S/C18H24N4OS/c1-5-19-6-2-15(1)18-13-17(23-20-18)14-21-7-3-16(4-8-21)22-9-11-24-12-10-22/h1-2,5-6,13,16H,3-4,7-12,14H2. The van der Waals surface area contributed by atoms with Gasteiger partial charge >= 0.3 is 0 Å². The normalized spacial score (nSPS) is 21.2. The van der Waals surface area contributed by atoms with E-state index in [0.717, 1.165) is 42.7 Å². The molecule has 128 valence electrons. The number of nitrogens with zero attached hydrogens (tertiary/aromatic N) is 4. The summed E-state index contributed by atoms with van der Waals surface area (Å²) >= 11 is 2.09. The fourth-order valence-corrected chi connectivity index (χ4v) is 4.58. The largest absolute Gasteiger partial charge is 0.359 e. The van der Waals surface area contributed by atoms with Crippen molar-refractivity contribution >= 4 is 11.8 Å². The van der Waals surface area contributed by atoms with Crippen molar-refractivity contribution in [2.24, 2.45) is 0 Å². The Balaban J connectivity index is 1.30. The van der Waals surface area contributed by atoms with Gasteiger partial charge in [-0.1, -0.05) is 5.16 Å². The lowest BCUT2D eigenvalue weighted by molar-refractivity contribution is 0.106. The lowest BCUT2D eigenvalue weighted by Crippen LogP contribution is -2.47. The van der Waals surface area contributed by atoms with Crippen molar-refractivity contribution in [3.8, 4) is 11.3 Å². The molecule has 0 N–H and O–H groups in total. The molecular weight excluding hydrogens is 320 g/mol. The van der Waals surface area contributed by atoms with Crippen LogP contribution in [0, 0.1) is 0 Å². The summed E-state index contributed by atoms with van der Waals surface area (Å²) in [5.74, 6) is 3.56. The molecule has 0 bridgehead atoms. The molecule has 0 radical (unpaired) electrons. The summed E-state index contributed by atoms with van der Waals surface area (Å²) in [6.45, 7) is 5.71. The van der Waals surface area contributed by atoms with Crippen LogP contribution in [0.15, 0.2) is 35.1 Å². The van der Waals surface area contributed by atoms with E-state index < -0.39 is 0 Å². The fraction of sp³-hybridized carbons (Fsp3) is 0.556. The summed E-state index contributed by atoms with van der Waals surface area (Å²) in [6.07, 6.45) is 6.12. The van der Waals surface area contributed by atoms with Gasteiger partial charge in [-0.3, -0.25) is 14.8 Å². The first-order chi connectivity index (χ1) is 11.9. The minimum absolute atomic E-state index is 0.782. The predicted molar refractivity (Wildman–Crippen MR) is 96.9 cm³/mol. The molecule has 2 saturated heterocycles. The Labute approximate surface area is 147 Å². The summed E-state index contributed by atoms with van der Waals surface area (Å²) in [7, 11) is 0. The van der Waals surface area contributed by atoms with Gasteiger partial charge in [-0.2, -0.15) is 11.8 Å². The zero-order chi connectivity index (χ0) is 16.2. The molecule has 0 unspecified atom stereocenters. The van der Waals surface area contributed by atoms with Gasteiger partial charge in [0.25, 0.3) is 0 Å². The maximum atomic E-state index is 5.54. The first kappa shape index (κ1) is 16.1. The first-order valence-electron chi connectivity index (χ1n) is 8.78. The summed E-state index contributed by atoms with van der Waals surface area (Å²) in [4.78, 5) is 9.24. The number of piperidine rings is 1. The highest BCUT2D eigenvalue weighted by Crippen LogP contribution is 2.23. The molecule has 2 aliphatic rings. The van der Waals surface area contributed by atoms with E-state index in [1.54, 1.807) is 12.4 Å². The van der Waals surface area contributed by atoms with Gasteiger partial charge in [0.2, 0.25) is 0 Å². The van der Waals surface area contributed by atoms with E-state index in [-0.39, 0.29) is 0 Å². The Bertz CT molecular complexity index is 633. The van der Waals surface area contributed by atoms with Gasteiger partial charge in [0.05, 0.1) is 6.54 Å². The van der Waals surface area contributed by atoms with E-state index in [4.69, 9.17) is 4.52 Å². The summed E-state index contributed by atoms with van der Waals surface area (Å²) in [6, 6.07) is 6.77. The molecule has 0 aromatic carbocycles. The zero-order valence-electron chi connectivity index (χ0n) is 13.9. The fourth-order valence-electron chi connectivity index (χ4n) is 3.65. The Morgan fingerprint density at radius 2 is 1.83 bits per heavy atom. The SMILES string of the molecule is c1cc(-c2cc(CN3CCC(N4CCSCC4)CC3)on2)ccn1. The van der Waals surface area contributed by atoms with Gasteiger partial charge in [0.1, 0.15) is 5.69 Å². The molecule has 4 heterocycles. The number of hydrogen-bond acceptors (Lipinski definition) is 6. The molecule has 24 heavy (non-hydrogen) atoms. The smallest absolute Gasteiger partial charge is 0.151 e. The topological polar surface area (TPSA) is 45.4 Å². The van der Waals surface area contributed by atoms with Crippen molar-refractivity contribution in [2.75, 3.05) is 37.7 Å². The molecule has 4 rings (SSSR count). The summed E-state index contributed by atoms with van der Waals surface area (Å²) in [5.41, 5.74) is 1.95. The highest BCUT2D eigenvalue weighted by Gasteiger charge is 2.26. The highest BCUT2D eigenvalue weighted by molar-refractivity contribution is 7.99. The van der Waals surface area contributed by atoms with E-state index in [9.17, 15) is 0 Å². The van der Waals surface area contributed by atoms with Crippen LogP contribution in [0.25, 0.3) is 11.3 Å². The number of aromatic nitrogens is 2. The average molecular weight is 344 g/mol. The minimum Gasteiger partial charge on any atom is -0.359 e. The maximum absolute atomic E-state index is 5.54. The van der Waals surface area contributed by atoms with E-state index in [1.807, 2.05) is 12.1 Å². The third-order valence-corrected chi connectivity index (χ3v) is 5.98. The number of rotatable bonds is 4. The third-order valence-electron chi connectivity index (χ3n) is 5.03. The van der Waals surface area contributed by atoms with Crippen LogP contribution >= 0.6 is 11.8 Å². The molecule has 2 aliphatic heterocycles. The average Bonchev–Trinajstić information content (AvgIpc) is 3.12. The Morgan fingerprint density at radius 1 is 1.08 bits per heavy atom. The quantitative estimate of drug-likeness (QED) is 0.850. The molecule has 6 heteroatoms. The summed E-state index contributed by atoms with van der Waals surface area (Å²) < 4.78 is 5.54. The monoisotopic (exact) mass is 344 g/mol. The van der Waals surface area contributed by atoms with Crippen LogP contribution in [0.3, 0.4) is 0 Å². The van der Waals surface area contributed by atoms with Gasteiger partial charge in [-0.05, 0) is 25.0 Å². The molecule has 2 aromatic rings. The third kappa shape index (κ3) is 3.82. The van der Waals surface area contributed by atoms with Crippen LogP contribution in [0.2, 0.25) is 0 Å². The van der Waals surface area contributed by atoms with Crippen molar-refractivity contribution in [1.82, 2.24) is 19.9 Å². The predicted octanol–water partition coefficient (Wildman–Crippen LogP) is 2.75. The van der Waals surface area contributed by atoms with Gasteiger partial charge in [-0.25, -0.2) is 0 Å². The number of likely N-dealkylation sites (tertiary alicyclic amines) is 1. The molecule has 0 saturated carbocycles. The van der Waals surface area contributed by atoms with Crippen LogP contribution in [-0.4, -0.2) is 63.7 Å². The molecule has 0 spiro atoms. The molecule has 0 atom stereocenters. The number of thioether (sulfide) groups is 1. The minimum atomic E-state index is 0.782. The number of pyridine rings is 1. The van der Waals surface area contributed by atoms with Crippen LogP contribution in [0.5, 0.6) is 0 Å². The van der Waals surface area contributed by atoms with E-state index in [1.165, 1.54) is 37.4 Å². The van der Waals surface area contributed by atoms with E-state index in [0.29, 0.717) is 0 Å². The van der Waals surface area contributed by atoms with Crippen molar-refractivity contribution in [2.45, 2.75) is 25.4 Å². The van der Waals surface area contributed by atoms with Gasteiger partial charge < -0.3 is 4.52 Å². The lowest BCUT2D eigenvalue weighted by Gasteiger charge is -2.39. The second-order valence-electron chi connectivity index (χ2n) is 6.57. The van der Waals surface area contributed by atoms with Crippen LogP contribution in [-0.2, 0) is 6.54 Å². The molecule has 2 aromatic heterocycles. The second-order valence-corrected chi connectivity index (χ2v) is 7.79. The summed E-state index contributed by atoms with van der Waals surface area (Å²) in [5, 5.41) is 4.20. The highest BCUT2D eigenvalue weighted by atomic mass is 32.2. The molecule has 2 fully saturated rings. The van der Waals surface area contributed by atoms with Gasteiger partial charge in [0, 0.05) is 67.8 Å².